The highest BCUT2D eigenvalue weighted by atomic mass is 14.7. The molecule has 0 N–H and O–H groups in total. The van der Waals surface area contributed by atoms with Crippen LogP contribution in [-0.2, 0) is 5.41 Å². The molecule has 212 valence electrons. The van der Waals surface area contributed by atoms with Crippen molar-refractivity contribution < 1.29 is 0 Å². The van der Waals surface area contributed by atoms with E-state index in [1.165, 1.54) is 88.7 Å². The van der Waals surface area contributed by atoms with Gasteiger partial charge in [-0.05, 0) is 115 Å². The Hall–Kier alpha value is -5.53. The normalized spacial score (nSPS) is 15.5. The van der Waals surface area contributed by atoms with Crippen LogP contribution in [0.15, 0.2) is 140 Å². The first-order valence-electron chi connectivity index (χ1n) is 15.7. The molecule has 1 atom stereocenters. The second-order valence-corrected chi connectivity index (χ2v) is 12.4. The van der Waals surface area contributed by atoms with E-state index >= 15 is 0 Å². The molecular weight excluding hydrogens is 542 g/mol. The Labute approximate surface area is 264 Å². The highest BCUT2D eigenvalue weighted by Crippen LogP contribution is 2.63. The molecule has 0 saturated carbocycles. The van der Waals surface area contributed by atoms with Gasteiger partial charge in [-0.3, -0.25) is 4.98 Å². The quantitative estimate of drug-likeness (QED) is 0.205. The Kier molecular flexibility index (Phi) is 5.46. The molecule has 2 aliphatic carbocycles. The van der Waals surface area contributed by atoms with E-state index in [-0.39, 0.29) is 0 Å². The second-order valence-electron chi connectivity index (χ2n) is 12.4. The lowest BCUT2D eigenvalue weighted by Gasteiger charge is -2.30. The van der Waals surface area contributed by atoms with E-state index in [0.29, 0.717) is 0 Å². The minimum Gasteiger partial charge on any atom is -0.256 e. The predicted octanol–water partition coefficient (Wildman–Crippen LogP) is 11.2. The zero-order valence-electron chi connectivity index (χ0n) is 25.4. The van der Waals surface area contributed by atoms with Crippen LogP contribution in [0.4, 0.5) is 0 Å². The van der Waals surface area contributed by atoms with Crippen LogP contribution in [0.5, 0.6) is 0 Å². The molecule has 9 rings (SSSR count). The van der Waals surface area contributed by atoms with Crippen LogP contribution in [0.1, 0.15) is 38.9 Å². The molecule has 0 amide bonds. The molecule has 2 aliphatic rings. The van der Waals surface area contributed by atoms with Crippen LogP contribution in [0.25, 0.3) is 61.5 Å². The Morgan fingerprint density at radius 3 is 2.00 bits per heavy atom. The minimum atomic E-state index is -0.431. The lowest BCUT2D eigenvalue weighted by atomic mass is 9.70. The maximum absolute atomic E-state index is 5.01. The van der Waals surface area contributed by atoms with Gasteiger partial charge >= 0.3 is 0 Å². The molecular formula is C44H31N. The van der Waals surface area contributed by atoms with Gasteiger partial charge < -0.3 is 0 Å². The van der Waals surface area contributed by atoms with E-state index in [0.717, 1.165) is 5.69 Å². The monoisotopic (exact) mass is 573 g/mol. The van der Waals surface area contributed by atoms with Crippen LogP contribution in [0.3, 0.4) is 0 Å². The van der Waals surface area contributed by atoms with E-state index in [2.05, 4.69) is 148 Å². The first-order valence-corrected chi connectivity index (χ1v) is 15.7. The number of pyridine rings is 1. The van der Waals surface area contributed by atoms with Gasteiger partial charge in [0.2, 0.25) is 0 Å². The molecule has 0 fully saturated rings. The lowest BCUT2D eigenvalue weighted by Crippen LogP contribution is -2.26. The average molecular weight is 574 g/mol. The van der Waals surface area contributed by atoms with Crippen molar-refractivity contribution in [3.63, 3.8) is 0 Å². The number of benzene rings is 6. The fourth-order valence-electron chi connectivity index (χ4n) is 8.28. The summed E-state index contributed by atoms with van der Waals surface area (Å²) in [5.41, 5.74) is 18.3. The molecule has 1 heterocycles. The number of aryl methyl sites for hydroxylation is 2. The van der Waals surface area contributed by atoms with Crippen molar-refractivity contribution in [3.05, 3.63) is 179 Å². The van der Waals surface area contributed by atoms with Crippen molar-refractivity contribution in [1.82, 2.24) is 4.98 Å². The number of rotatable bonds is 3. The maximum Gasteiger partial charge on any atom is 0.0755 e. The van der Waals surface area contributed by atoms with Crippen LogP contribution < -0.4 is 0 Å². The number of hydrogen-bond acceptors (Lipinski definition) is 1. The van der Waals surface area contributed by atoms with E-state index in [4.69, 9.17) is 4.98 Å². The molecule has 1 spiro atoms. The standard InChI is InChI=1S/C44H31N/c1-4-32-27(2)11-7-16-34(32)30-20-22-38-36(25-30)37-26-31(35-17-9-14-29-13-5-6-15-33(29)35)21-23-39(37)44(38)40-18-8-12-28(3)42(40)43-41(44)19-10-24-45-43/h4-26H,1H2,2-3H3. The number of hydrogen-bond donors (Lipinski definition) is 0. The zero-order chi connectivity index (χ0) is 30.3. The van der Waals surface area contributed by atoms with Gasteiger partial charge in [0.15, 0.2) is 0 Å². The van der Waals surface area contributed by atoms with Crippen molar-refractivity contribution in [2.24, 2.45) is 0 Å². The van der Waals surface area contributed by atoms with E-state index in [1.807, 2.05) is 12.3 Å². The Morgan fingerprint density at radius 2 is 1.20 bits per heavy atom. The summed E-state index contributed by atoms with van der Waals surface area (Å²) in [6.45, 7) is 8.55. The lowest BCUT2D eigenvalue weighted by molar-refractivity contribution is 0.791. The SMILES string of the molecule is C=Cc1c(C)cccc1-c1ccc2c(c1)-c1cc(-c3cccc4ccccc34)ccc1C21c2cccnc2-c2c(C)cccc21. The number of fused-ring (bicyclic) bond motifs is 11. The highest BCUT2D eigenvalue weighted by Gasteiger charge is 2.52. The van der Waals surface area contributed by atoms with Crippen molar-refractivity contribution in [2.45, 2.75) is 19.3 Å². The van der Waals surface area contributed by atoms with Crippen LogP contribution in [-0.4, -0.2) is 4.98 Å². The molecule has 0 bridgehead atoms. The van der Waals surface area contributed by atoms with Crippen LogP contribution >= 0.6 is 0 Å². The van der Waals surface area contributed by atoms with Crippen molar-refractivity contribution in [1.29, 1.82) is 0 Å². The van der Waals surface area contributed by atoms with Crippen molar-refractivity contribution in [2.75, 3.05) is 0 Å². The topological polar surface area (TPSA) is 12.9 Å². The van der Waals surface area contributed by atoms with E-state index in [1.54, 1.807) is 0 Å². The molecule has 1 unspecified atom stereocenters. The first kappa shape index (κ1) is 25.9. The smallest absolute Gasteiger partial charge is 0.0755 e. The summed E-state index contributed by atoms with van der Waals surface area (Å²) >= 11 is 0. The summed E-state index contributed by atoms with van der Waals surface area (Å²) in [7, 11) is 0. The Morgan fingerprint density at radius 1 is 0.556 bits per heavy atom. The largest absolute Gasteiger partial charge is 0.256 e. The molecule has 1 aromatic heterocycles. The molecule has 7 aromatic rings. The molecule has 0 aliphatic heterocycles. The third kappa shape index (κ3) is 3.41. The second kappa shape index (κ2) is 9.48. The molecule has 0 saturated heterocycles. The number of aromatic nitrogens is 1. The van der Waals surface area contributed by atoms with Gasteiger partial charge in [-0.15, -0.1) is 0 Å². The van der Waals surface area contributed by atoms with Gasteiger partial charge in [0.1, 0.15) is 0 Å². The zero-order valence-corrected chi connectivity index (χ0v) is 25.4. The third-order valence-electron chi connectivity index (χ3n) is 10.2. The molecule has 0 radical (unpaired) electrons. The summed E-state index contributed by atoms with van der Waals surface area (Å²) in [5.74, 6) is 0. The summed E-state index contributed by atoms with van der Waals surface area (Å²) in [5, 5.41) is 2.53. The molecule has 1 nitrogen and oxygen atoms in total. The summed E-state index contributed by atoms with van der Waals surface area (Å²) in [6, 6.07) is 47.2. The predicted molar refractivity (Wildman–Crippen MR) is 188 cm³/mol. The summed E-state index contributed by atoms with van der Waals surface area (Å²) in [6.07, 6.45) is 3.93. The average Bonchev–Trinajstić information content (AvgIpc) is 3.55. The fraction of sp³-hybridized carbons (Fsp3) is 0.0682. The fourth-order valence-corrected chi connectivity index (χ4v) is 8.28. The summed E-state index contributed by atoms with van der Waals surface area (Å²) in [4.78, 5) is 5.01. The van der Waals surface area contributed by atoms with Gasteiger partial charge in [-0.1, -0.05) is 122 Å². The van der Waals surface area contributed by atoms with Gasteiger partial charge in [0.25, 0.3) is 0 Å². The van der Waals surface area contributed by atoms with E-state index in [9.17, 15) is 0 Å². The van der Waals surface area contributed by atoms with Crippen molar-refractivity contribution in [3.8, 4) is 44.6 Å². The molecule has 45 heavy (non-hydrogen) atoms. The summed E-state index contributed by atoms with van der Waals surface area (Å²) < 4.78 is 0. The maximum atomic E-state index is 5.01. The van der Waals surface area contributed by atoms with Gasteiger partial charge in [-0.2, -0.15) is 0 Å². The van der Waals surface area contributed by atoms with Gasteiger partial charge in [0, 0.05) is 11.8 Å². The van der Waals surface area contributed by atoms with Crippen molar-refractivity contribution >= 4 is 16.8 Å². The number of nitrogens with zero attached hydrogens (tertiary/aromatic N) is 1. The minimum absolute atomic E-state index is 0.431. The van der Waals surface area contributed by atoms with E-state index < -0.39 is 5.41 Å². The Balaban J connectivity index is 1.39. The van der Waals surface area contributed by atoms with Crippen LogP contribution in [0.2, 0.25) is 0 Å². The molecule has 1 heteroatoms. The van der Waals surface area contributed by atoms with Gasteiger partial charge in [0.05, 0.1) is 11.1 Å². The molecule has 6 aromatic carbocycles. The van der Waals surface area contributed by atoms with Crippen LogP contribution in [0, 0.1) is 13.8 Å². The van der Waals surface area contributed by atoms with Gasteiger partial charge in [-0.25, -0.2) is 0 Å². The first-order chi connectivity index (χ1) is 22.1. The third-order valence-corrected chi connectivity index (χ3v) is 10.2. The highest BCUT2D eigenvalue weighted by molar-refractivity contribution is 6.00. The Bertz CT molecular complexity index is 2370.